The summed E-state index contributed by atoms with van der Waals surface area (Å²) in [6.45, 7) is 3.65. The number of rotatable bonds is 4. The van der Waals surface area contributed by atoms with Gasteiger partial charge in [0.05, 0.1) is 17.5 Å². The van der Waals surface area contributed by atoms with E-state index in [0.717, 1.165) is 5.01 Å². The van der Waals surface area contributed by atoms with Gasteiger partial charge >= 0.3 is 5.97 Å². The second-order valence-corrected chi connectivity index (χ2v) is 4.71. The number of hydrogen-bond acceptors (Lipinski definition) is 6. The van der Waals surface area contributed by atoms with E-state index in [4.69, 9.17) is 5.11 Å². The van der Waals surface area contributed by atoms with E-state index in [2.05, 4.69) is 20.5 Å². The first-order valence-corrected chi connectivity index (χ1v) is 5.88. The lowest BCUT2D eigenvalue weighted by atomic mass is 10.2. The second kappa shape index (κ2) is 4.58. The molecular weight excluding hydrogens is 242 g/mol. The third-order valence-corrected chi connectivity index (χ3v) is 3.00. The van der Waals surface area contributed by atoms with Gasteiger partial charge in [-0.15, -0.1) is 16.4 Å². The van der Waals surface area contributed by atoms with Gasteiger partial charge in [0.2, 0.25) is 5.82 Å². The van der Waals surface area contributed by atoms with Gasteiger partial charge in [-0.05, 0) is 24.3 Å². The molecule has 90 valence electrons. The largest absolute Gasteiger partial charge is 0.481 e. The van der Waals surface area contributed by atoms with Crippen LogP contribution in [0.5, 0.6) is 0 Å². The third-order valence-electron chi connectivity index (χ3n) is 2.23. The van der Waals surface area contributed by atoms with Crippen molar-refractivity contribution in [2.24, 2.45) is 0 Å². The summed E-state index contributed by atoms with van der Waals surface area (Å²) in [5.74, 6) is -0.378. The predicted molar refractivity (Wildman–Crippen MR) is 60.6 cm³/mol. The Kier molecular flexibility index (Phi) is 3.14. The van der Waals surface area contributed by atoms with Crippen LogP contribution in [0.2, 0.25) is 0 Å². The van der Waals surface area contributed by atoms with Gasteiger partial charge in [0.25, 0.3) is 0 Å². The molecule has 17 heavy (non-hydrogen) atoms. The molecule has 0 fully saturated rings. The van der Waals surface area contributed by atoms with Gasteiger partial charge in [-0.2, -0.15) is 0 Å². The number of nitrogens with zero attached hydrogens (tertiary/aromatic N) is 5. The Labute approximate surface area is 101 Å². The first-order chi connectivity index (χ1) is 8.08. The SMILES string of the molecule is Cc1nc(-c2nnnn2C(C)CC(=O)O)cs1. The van der Waals surface area contributed by atoms with Gasteiger partial charge in [-0.25, -0.2) is 9.67 Å². The fraction of sp³-hybridized carbons (Fsp3) is 0.444. The zero-order valence-electron chi connectivity index (χ0n) is 9.36. The molecule has 0 saturated heterocycles. The number of hydrogen-bond donors (Lipinski definition) is 1. The maximum Gasteiger partial charge on any atom is 0.305 e. The molecule has 0 spiro atoms. The summed E-state index contributed by atoms with van der Waals surface area (Å²) in [6, 6.07) is -0.306. The molecule has 0 amide bonds. The van der Waals surface area contributed by atoms with E-state index in [1.807, 2.05) is 12.3 Å². The van der Waals surface area contributed by atoms with Crippen molar-refractivity contribution in [2.75, 3.05) is 0 Å². The Morgan fingerprint density at radius 3 is 3.00 bits per heavy atom. The molecule has 1 unspecified atom stereocenters. The van der Waals surface area contributed by atoms with Crippen molar-refractivity contribution in [3.63, 3.8) is 0 Å². The highest BCUT2D eigenvalue weighted by Crippen LogP contribution is 2.22. The fourth-order valence-electron chi connectivity index (χ4n) is 1.46. The van der Waals surface area contributed by atoms with Crippen LogP contribution in [0, 0.1) is 6.92 Å². The van der Waals surface area contributed by atoms with Crippen LogP contribution in [0.25, 0.3) is 11.5 Å². The first-order valence-electron chi connectivity index (χ1n) is 5.00. The molecule has 2 heterocycles. The number of aliphatic carboxylic acids is 1. The highest BCUT2D eigenvalue weighted by atomic mass is 32.1. The Morgan fingerprint density at radius 1 is 1.65 bits per heavy atom. The van der Waals surface area contributed by atoms with Gasteiger partial charge in [0.15, 0.2) is 0 Å². The van der Waals surface area contributed by atoms with Crippen molar-refractivity contribution in [2.45, 2.75) is 26.3 Å². The van der Waals surface area contributed by atoms with Gasteiger partial charge in [0.1, 0.15) is 5.69 Å². The zero-order chi connectivity index (χ0) is 12.4. The maximum absolute atomic E-state index is 10.7. The summed E-state index contributed by atoms with van der Waals surface area (Å²) in [7, 11) is 0. The van der Waals surface area contributed by atoms with E-state index >= 15 is 0 Å². The Hall–Kier alpha value is -1.83. The van der Waals surface area contributed by atoms with E-state index in [0.29, 0.717) is 11.5 Å². The van der Waals surface area contributed by atoms with Crippen molar-refractivity contribution in [1.82, 2.24) is 25.2 Å². The molecule has 0 aromatic carbocycles. The molecule has 1 atom stereocenters. The number of carboxylic acid groups (broad SMARTS) is 1. The lowest BCUT2D eigenvalue weighted by Crippen LogP contribution is -2.13. The summed E-state index contributed by atoms with van der Waals surface area (Å²) in [4.78, 5) is 14.9. The van der Waals surface area contributed by atoms with Crippen LogP contribution < -0.4 is 0 Å². The quantitative estimate of drug-likeness (QED) is 0.878. The van der Waals surface area contributed by atoms with E-state index in [-0.39, 0.29) is 12.5 Å². The second-order valence-electron chi connectivity index (χ2n) is 3.65. The molecular formula is C9H11N5O2S. The summed E-state index contributed by atoms with van der Waals surface area (Å²) in [5, 5.41) is 22.8. The average Bonchev–Trinajstić information content (AvgIpc) is 2.83. The van der Waals surface area contributed by atoms with Crippen LogP contribution >= 0.6 is 11.3 Å². The van der Waals surface area contributed by atoms with Crippen LogP contribution in [0.15, 0.2) is 5.38 Å². The molecule has 2 aromatic rings. The highest BCUT2D eigenvalue weighted by Gasteiger charge is 2.18. The molecule has 2 aromatic heterocycles. The molecule has 0 saturated carbocycles. The Bertz CT molecular complexity index is 535. The molecule has 1 N–H and O–H groups in total. The van der Waals surface area contributed by atoms with Crippen LogP contribution in [-0.2, 0) is 4.79 Å². The molecule has 0 radical (unpaired) electrons. The number of carbonyl (C=O) groups is 1. The number of thiazole rings is 1. The van der Waals surface area contributed by atoms with Gasteiger partial charge in [-0.1, -0.05) is 0 Å². The molecule has 0 bridgehead atoms. The highest BCUT2D eigenvalue weighted by molar-refractivity contribution is 7.09. The third kappa shape index (κ3) is 2.47. The minimum Gasteiger partial charge on any atom is -0.481 e. The lowest BCUT2D eigenvalue weighted by Gasteiger charge is -2.09. The molecule has 0 aliphatic heterocycles. The summed E-state index contributed by atoms with van der Waals surface area (Å²) in [6.07, 6.45) is -0.0266. The number of aryl methyl sites for hydroxylation is 1. The number of aromatic nitrogens is 5. The minimum atomic E-state index is -0.881. The summed E-state index contributed by atoms with van der Waals surface area (Å²) in [5.41, 5.74) is 0.676. The Balaban J connectivity index is 2.31. The predicted octanol–water partition coefficient (Wildman–Crippen LogP) is 1.14. The number of tetrazole rings is 1. The van der Waals surface area contributed by atoms with Gasteiger partial charge in [-0.3, -0.25) is 4.79 Å². The average molecular weight is 253 g/mol. The van der Waals surface area contributed by atoms with Crippen molar-refractivity contribution in [3.05, 3.63) is 10.4 Å². The van der Waals surface area contributed by atoms with Gasteiger partial charge < -0.3 is 5.11 Å². The van der Waals surface area contributed by atoms with Crippen molar-refractivity contribution >= 4 is 17.3 Å². The van der Waals surface area contributed by atoms with Crippen molar-refractivity contribution in [3.8, 4) is 11.5 Å². The molecule has 7 nitrogen and oxygen atoms in total. The van der Waals surface area contributed by atoms with E-state index < -0.39 is 5.97 Å². The standard InChI is InChI=1S/C9H11N5O2S/c1-5(3-8(15)16)14-9(11-12-13-14)7-4-17-6(2)10-7/h4-5H,3H2,1-2H3,(H,15,16). The van der Waals surface area contributed by atoms with Crippen LogP contribution in [0.3, 0.4) is 0 Å². The summed E-state index contributed by atoms with van der Waals surface area (Å²) >= 11 is 1.50. The smallest absolute Gasteiger partial charge is 0.305 e. The van der Waals surface area contributed by atoms with Crippen molar-refractivity contribution in [1.29, 1.82) is 0 Å². The lowest BCUT2D eigenvalue weighted by molar-refractivity contribution is -0.137. The van der Waals surface area contributed by atoms with Crippen molar-refractivity contribution < 1.29 is 9.90 Å². The maximum atomic E-state index is 10.7. The first kappa shape index (κ1) is 11.6. The molecule has 0 aliphatic carbocycles. The minimum absolute atomic E-state index is 0.0266. The van der Waals surface area contributed by atoms with Crippen LogP contribution in [0.4, 0.5) is 0 Å². The van der Waals surface area contributed by atoms with Gasteiger partial charge in [0, 0.05) is 5.38 Å². The molecule has 2 rings (SSSR count). The molecule has 0 aliphatic rings. The normalized spacial score (nSPS) is 12.6. The fourth-order valence-corrected chi connectivity index (χ4v) is 2.06. The van der Waals surface area contributed by atoms with Crippen LogP contribution in [-0.4, -0.2) is 36.3 Å². The topological polar surface area (TPSA) is 93.8 Å². The molecule has 8 heteroatoms. The van der Waals surface area contributed by atoms with E-state index in [1.54, 1.807) is 6.92 Å². The van der Waals surface area contributed by atoms with E-state index in [9.17, 15) is 4.79 Å². The van der Waals surface area contributed by atoms with E-state index in [1.165, 1.54) is 16.0 Å². The monoisotopic (exact) mass is 253 g/mol. The van der Waals surface area contributed by atoms with Crippen LogP contribution in [0.1, 0.15) is 24.4 Å². The number of carboxylic acids is 1. The zero-order valence-corrected chi connectivity index (χ0v) is 10.2. The Morgan fingerprint density at radius 2 is 2.41 bits per heavy atom. The summed E-state index contributed by atoms with van der Waals surface area (Å²) < 4.78 is 1.49.